The highest BCUT2D eigenvalue weighted by molar-refractivity contribution is 6.54. The molecule has 2 saturated heterocycles. The molecule has 9 heteroatoms. The molecule has 2 atom stereocenters. The standard InChI is InChI=1S/C25H33BN4O4/c1-18(19-7-8-21(27-17-19)30-14-6-13-28-30)29-15-16-32-25(22(29)31)11-9-20(10-12-25)26-33-23(2,3)24(4,5)34-26/h6-9,13-14,17-18H,10-12,15-16H2,1-5H3. The second-order valence-electron chi connectivity index (χ2n) is 10.5. The molecule has 8 nitrogen and oxygen atoms in total. The molecule has 2 aliphatic heterocycles. The number of nitrogens with zero attached hydrogens (tertiary/aromatic N) is 4. The van der Waals surface area contributed by atoms with Crippen LogP contribution in [0.3, 0.4) is 0 Å². The van der Waals surface area contributed by atoms with Gasteiger partial charge in [-0.15, -0.1) is 0 Å². The average Bonchev–Trinajstić information content (AvgIpc) is 3.42. The molecule has 0 N–H and O–H groups in total. The Balaban J connectivity index is 1.29. The lowest BCUT2D eigenvalue weighted by atomic mass is 9.69. The van der Waals surface area contributed by atoms with Crippen LogP contribution in [0.5, 0.6) is 0 Å². The lowest BCUT2D eigenvalue weighted by Gasteiger charge is -2.45. The SMILES string of the molecule is CC(c1ccc(-n2cccn2)nc1)N1CCOC2(CC=C(B3OC(C)(C)C(C)(C)O3)CC2)C1=O. The van der Waals surface area contributed by atoms with E-state index in [-0.39, 0.29) is 30.3 Å². The second-order valence-corrected chi connectivity index (χ2v) is 10.5. The normalized spacial score (nSPS) is 27.2. The minimum atomic E-state index is -0.817. The van der Waals surface area contributed by atoms with Gasteiger partial charge in [0, 0.05) is 31.6 Å². The molecule has 180 valence electrons. The Labute approximate surface area is 201 Å². The van der Waals surface area contributed by atoms with E-state index in [0.29, 0.717) is 32.4 Å². The summed E-state index contributed by atoms with van der Waals surface area (Å²) in [6.45, 7) is 11.4. The highest BCUT2D eigenvalue weighted by Crippen LogP contribution is 2.43. The van der Waals surface area contributed by atoms with E-state index in [2.05, 4.69) is 50.8 Å². The third-order valence-corrected chi connectivity index (χ3v) is 7.89. The van der Waals surface area contributed by atoms with Gasteiger partial charge in [-0.2, -0.15) is 5.10 Å². The highest BCUT2D eigenvalue weighted by atomic mass is 16.7. The molecular formula is C25H33BN4O4. The first-order valence-corrected chi connectivity index (χ1v) is 12.1. The number of ether oxygens (including phenoxy) is 1. The molecule has 0 radical (unpaired) electrons. The van der Waals surface area contributed by atoms with E-state index < -0.39 is 5.60 Å². The second kappa shape index (κ2) is 8.32. The lowest BCUT2D eigenvalue weighted by Crippen LogP contribution is -2.57. The highest BCUT2D eigenvalue weighted by Gasteiger charge is 2.54. The van der Waals surface area contributed by atoms with Crippen molar-refractivity contribution in [3.63, 3.8) is 0 Å². The van der Waals surface area contributed by atoms with Crippen LogP contribution in [-0.4, -0.2) is 62.6 Å². The number of carbonyl (C=O) groups excluding carboxylic acids is 1. The van der Waals surface area contributed by atoms with Crippen molar-refractivity contribution in [3.05, 3.63) is 53.9 Å². The van der Waals surface area contributed by atoms with Gasteiger partial charge in [0.15, 0.2) is 11.4 Å². The lowest BCUT2D eigenvalue weighted by molar-refractivity contribution is -0.176. The maximum Gasteiger partial charge on any atom is 0.490 e. The molecule has 2 aromatic rings. The molecule has 2 unspecified atom stereocenters. The van der Waals surface area contributed by atoms with Crippen molar-refractivity contribution in [2.75, 3.05) is 13.2 Å². The Bertz CT molecular complexity index is 1070. The number of amides is 1. The van der Waals surface area contributed by atoms with Gasteiger partial charge in [-0.1, -0.05) is 12.1 Å². The zero-order valence-electron chi connectivity index (χ0n) is 20.7. The predicted octanol–water partition coefficient (Wildman–Crippen LogP) is 3.67. The van der Waals surface area contributed by atoms with E-state index in [1.54, 1.807) is 10.9 Å². The maximum absolute atomic E-state index is 13.7. The Morgan fingerprint density at radius 3 is 2.50 bits per heavy atom. The topological polar surface area (TPSA) is 78.7 Å². The number of pyridine rings is 1. The molecule has 0 bridgehead atoms. The maximum atomic E-state index is 13.7. The van der Waals surface area contributed by atoms with Crippen molar-refractivity contribution in [2.24, 2.45) is 0 Å². The van der Waals surface area contributed by atoms with Crippen LogP contribution in [0.25, 0.3) is 5.82 Å². The van der Waals surface area contributed by atoms with Crippen molar-refractivity contribution in [1.82, 2.24) is 19.7 Å². The molecule has 4 heterocycles. The van der Waals surface area contributed by atoms with Crippen molar-refractivity contribution in [2.45, 2.75) is 76.7 Å². The largest absolute Gasteiger partial charge is 0.490 e. The first-order chi connectivity index (χ1) is 16.1. The van der Waals surface area contributed by atoms with Crippen LogP contribution in [0.15, 0.2) is 48.3 Å². The first kappa shape index (κ1) is 23.3. The van der Waals surface area contributed by atoms with Crippen LogP contribution in [0.1, 0.15) is 65.5 Å². The van der Waals surface area contributed by atoms with E-state index >= 15 is 0 Å². The van der Waals surface area contributed by atoms with Gasteiger partial charge in [0.25, 0.3) is 5.91 Å². The number of hydrogen-bond acceptors (Lipinski definition) is 6. The Kier molecular flexibility index (Phi) is 5.70. The summed E-state index contributed by atoms with van der Waals surface area (Å²) < 4.78 is 20.3. The summed E-state index contributed by atoms with van der Waals surface area (Å²) >= 11 is 0. The number of aromatic nitrogens is 3. The third kappa shape index (κ3) is 3.89. The quantitative estimate of drug-likeness (QED) is 0.643. The van der Waals surface area contributed by atoms with Crippen molar-refractivity contribution in [1.29, 1.82) is 0 Å². The van der Waals surface area contributed by atoms with Crippen LogP contribution in [0.4, 0.5) is 0 Å². The summed E-state index contributed by atoms with van der Waals surface area (Å²) in [7, 11) is -0.365. The summed E-state index contributed by atoms with van der Waals surface area (Å²) in [6.07, 6.45) is 9.37. The van der Waals surface area contributed by atoms with Gasteiger partial charge in [-0.3, -0.25) is 4.79 Å². The number of morpholine rings is 1. The summed E-state index contributed by atoms with van der Waals surface area (Å²) in [5, 5.41) is 4.22. The molecular weight excluding hydrogens is 431 g/mol. The van der Waals surface area contributed by atoms with Crippen LogP contribution in [-0.2, 0) is 18.8 Å². The minimum absolute atomic E-state index is 0.0478. The van der Waals surface area contributed by atoms with Gasteiger partial charge < -0.3 is 18.9 Å². The van der Waals surface area contributed by atoms with Crippen molar-refractivity contribution < 1.29 is 18.8 Å². The summed E-state index contributed by atoms with van der Waals surface area (Å²) in [5.41, 5.74) is 0.521. The van der Waals surface area contributed by atoms with Gasteiger partial charge in [-0.25, -0.2) is 9.67 Å². The zero-order chi connectivity index (χ0) is 24.1. The van der Waals surface area contributed by atoms with Crippen LogP contribution < -0.4 is 0 Å². The molecule has 1 aliphatic carbocycles. The Hall–Kier alpha value is -2.49. The Morgan fingerprint density at radius 2 is 1.91 bits per heavy atom. The molecule has 5 rings (SSSR count). The fourth-order valence-electron chi connectivity index (χ4n) is 4.88. The summed E-state index contributed by atoms with van der Waals surface area (Å²) in [6, 6.07) is 5.71. The van der Waals surface area contributed by atoms with E-state index in [4.69, 9.17) is 14.0 Å². The summed E-state index contributed by atoms with van der Waals surface area (Å²) in [4.78, 5) is 20.1. The van der Waals surface area contributed by atoms with Crippen molar-refractivity contribution >= 4 is 13.0 Å². The number of allylic oxidation sites excluding steroid dienone is 1. The first-order valence-electron chi connectivity index (χ1n) is 12.1. The van der Waals surface area contributed by atoms with E-state index in [1.807, 2.05) is 35.5 Å². The molecule has 1 amide bonds. The van der Waals surface area contributed by atoms with E-state index in [0.717, 1.165) is 16.9 Å². The summed E-state index contributed by atoms with van der Waals surface area (Å²) in [5.74, 6) is 0.796. The van der Waals surface area contributed by atoms with Crippen LogP contribution in [0.2, 0.25) is 0 Å². The molecule has 3 aliphatic rings. The predicted molar refractivity (Wildman–Crippen MR) is 128 cm³/mol. The smallest absolute Gasteiger partial charge is 0.400 e. The Morgan fingerprint density at radius 1 is 1.15 bits per heavy atom. The molecule has 2 fully saturated rings. The van der Waals surface area contributed by atoms with Gasteiger partial charge in [0.2, 0.25) is 0 Å². The van der Waals surface area contributed by atoms with Crippen LogP contribution >= 0.6 is 0 Å². The van der Waals surface area contributed by atoms with Gasteiger partial charge in [0.1, 0.15) is 0 Å². The third-order valence-electron chi connectivity index (χ3n) is 7.89. The fourth-order valence-corrected chi connectivity index (χ4v) is 4.88. The molecule has 0 aromatic carbocycles. The fraction of sp³-hybridized carbons (Fsp3) is 0.560. The van der Waals surface area contributed by atoms with E-state index in [9.17, 15) is 4.79 Å². The molecule has 34 heavy (non-hydrogen) atoms. The van der Waals surface area contributed by atoms with E-state index in [1.165, 1.54) is 0 Å². The van der Waals surface area contributed by atoms with Crippen molar-refractivity contribution in [3.8, 4) is 5.82 Å². The number of rotatable bonds is 4. The minimum Gasteiger partial charge on any atom is -0.400 e. The van der Waals surface area contributed by atoms with Gasteiger partial charge in [0.05, 0.1) is 23.9 Å². The monoisotopic (exact) mass is 464 g/mol. The zero-order valence-corrected chi connectivity index (χ0v) is 20.7. The average molecular weight is 464 g/mol. The van der Waals surface area contributed by atoms with Gasteiger partial charge in [-0.05, 0) is 70.6 Å². The number of carbonyl (C=O) groups is 1. The molecule has 0 saturated carbocycles. The molecule has 2 aromatic heterocycles. The van der Waals surface area contributed by atoms with Gasteiger partial charge >= 0.3 is 7.12 Å². The number of hydrogen-bond donors (Lipinski definition) is 0. The molecule has 1 spiro atoms. The van der Waals surface area contributed by atoms with Crippen LogP contribution in [0, 0.1) is 0 Å².